The van der Waals surface area contributed by atoms with E-state index in [-0.39, 0.29) is 0 Å². The average molecular weight is 358 g/mol. The van der Waals surface area contributed by atoms with Gasteiger partial charge in [0, 0.05) is 22.5 Å². The van der Waals surface area contributed by atoms with E-state index in [1.165, 1.54) is 5.56 Å². The van der Waals surface area contributed by atoms with Crippen molar-refractivity contribution in [1.29, 1.82) is 0 Å². The monoisotopic (exact) mass is 357 g/mol. The first-order valence-electron chi connectivity index (χ1n) is 7.80. The van der Waals surface area contributed by atoms with Crippen LogP contribution in [0.25, 0.3) is 10.9 Å². The quantitative estimate of drug-likeness (QED) is 0.651. The third kappa shape index (κ3) is 4.28. The summed E-state index contributed by atoms with van der Waals surface area (Å²) >= 11 is 5.61. The summed E-state index contributed by atoms with van der Waals surface area (Å²) in [5.74, 6) is 0.715. The second kappa shape index (κ2) is 8.49. The Kier molecular flexibility index (Phi) is 6.37. The van der Waals surface area contributed by atoms with Gasteiger partial charge in [-0.1, -0.05) is 29.3 Å². The number of aryl methyl sites for hydroxylation is 1. The zero-order valence-electron chi connectivity index (χ0n) is 14.5. The molecule has 0 aliphatic rings. The predicted octanol–water partition coefficient (Wildman–Crippen LogP) is 4.39. The Morgan fingerprint density at radius 2 is 1.76 bits per heavy atom. The number of carbonyl (C=O) groups excluding carboxylic acids is 2. The summed E-state index contributed by atoms with van der Waals surface area (Å²) in [5.41, 5.74) is 3.72. The fourth-order valence-electron chi connectivity index (χ4n) is 2.62. The molecule has 0 atom stereocenters. The molecule has 4 nitrogen and oxygen atoms in total. The van der Waals surface area contributed by atoms with Crippen LogP contribution in [0.15, 0.2) is 42.5 Å². The summed E-state index contributed by atoms with van der Waals surface area (Å²) in [6.07, 6.45) is 1.91. The van der Waals surface area contributed by atoms with Gasteiger partial charge in [0.05, 0.1) is 12.6 Å². The highest BCUT2D eigenvalue weighted by Gasteiger charge is 2.13. The zero-order chi connectivity index (χ0) is 18.4. The van der Waals surface area contributed by atoms with Gasteiger partial charge in [0.2, 0.25) is 6.41 Å². The lowest BCUT2D eigenvalue weighted by atomic mass is 10.1. The first-order valence-corrected chi connectivity index (χ1v) is 8.18. The number of carbonyl (C=O) groups is 2. The Hall–Kier alpha value is -2.59. The standard InChI is InChI=1S/C13H13NO3.C7H7Cl/c1-9-11(5-6-15)12-7-10(17-2)3-4-13(12)14(9)8-16;1-6-2-4-7(8)5-3-6/h3-4,6-8H,5H2,1-2H3;2-5H,1H3. The molecule has 0 saturated heterocycles. The molecule has 0 bridgehead atoms. The van der Waals surface area contributed by atoms with Gasteiger partial charge in [0.15, 0.2) is 0 Å². The van der Waals surface area contributed by atoms with E-state index in [0.29, 0.717) is 12.2 Å². The molecule has 0 spiro atoms. The summed E-state index contributed by atoms with van der Waals surface area (Å²) < 4.78 is 6.70. The van der Waals surface area contributed by atoms with Crippen LogP contribution >= 0.6 is 11.6 Å². The zero-order valence-corrected chi connectivity index (χ0v) is 15.2. The van der Waals surface area contributed by atoms with Crippen molar-refractivity contribution in [3.63, 3.8) is 0 Å². The molecule has 0 amide bonds. The molecule has 0 aliphatic heterocycles. The number of aldehydes is 1. The van der Waals surface area contributed by atoms with Crippen molar-refractivity contribution < 1.29 is 14.3 Å². The van der Waals surface area contributed by atoms with Crippen LogP contribution in [0.3, 0.4) is 0 Å². The van der Waals surface area contributed by atoms with E-state index in [1.807, 2.05) is 50.2 Å². The van der Waals surface area contributed by atoms with Gasteiger partial charge in [-0.3, -0.25) is 9.36 Å². The van der Waals surface area contributed by atoms with Crippen LogP contribution in [0.2, 0.25) is 5.02 Å². The largest absolute Gasteiger partial charge is 0.497 e. The Balaban J connectivity index is 0.000000236. The minimum absolute atomic E-state index is 0.302. The Morgan fingerprint density at radius 3 is 2.28 bits per heavy atom. The molecule has 25 heavy (non-hydrogen) atoms. The predicted molar refractivity (Wildman–Crippen MR) is 101 cm³/mol. The topological polar surface area (TPSA) is 48.3 Å². The van der Waals surface area contributed by atoms with Gasteiger partial charge >= 0.3 is 0 Å². The minimum atomic E-state index is 0.302. The van der Waals surface area contributed by atoms with Gasteiger partial charge in [0.25, 0.3) is 0 Å². The Labute approximate surface area is 152 Å². The van der Waals surface area contributed by atoms with Crippen molar-refractivity contribution in [2.24, 2.45) is 0 Å². The van der Waals surface area contributed by atoms with Crippen LogP contribution in [0.5, 0.6) is 5.75 Å². The van der Waals surface area contributed by atoms with E-state index < -0.39 is 0 Å². The molecule has 1 heterocycles. The number of rotatable bonds is 4. The maximum absolute atomic E-state index is 11.1. The van der Waals surface area contributed by atoms with Crippen molar-refractivity contribution in [3.05, 3.63) is 64.3 Å². The van der Waals surface area contributed by atoms with Gasteiger partial charge in [0.1, 0.15) is 12.0 Å². The lowest BCUT2D eigenvalue weighted by Crippen LogP contribution is -1.98. The van der Waals surface area contributed by atoms with E-state index in [4.69, 9.17) is 16.3 Å². The van der Waals surface area contributed by atoms with Crippen LogP contribution in [0, 0.1) is 13.8 Å². The van der Waals surface area contributed by atoms with Crippen LogP contribution in [-0.4, -0.2) is 24.4 Å². The van der Waals surface area contributed by atoms with Crippen LogP contribution in [0.4, 0.5) is 0 Å². The molecule has 5 heteroatoms. The van der Waals surface area contributed by atoms with E-state index in [2.05, 4.69) is 0 Å². The second-order valence-corrected chi connectivity index (χ2v) is 6.03. The highest BCUT2D eigenvalue weighted by molar-refractivity contribution is 6.30. The van der Waals surface area contributed by atoms with Gasteiger partial charge in [-0.05, 0) is 49.7 Å². The lowest BCUT2D eigenvalue weighted by molar-refractivity contribution is -0.107. The molecule has 0 radical (unpaired) electrons. The van der Waals surface area contributed by atoms with Crippen molar-refractivity contribution in [1.82, 2.24) is 4.57 Å². The van der Waals surface area contributed by atoms with Gasteiger partial charge < -0.3 is 9.53 Å². The normalized spacial score (nSPS) is 10.1. The van der Waals surface area contributed by atoms with Gasteiger partial charge in [-0.25, -0.2) is 0 Å². The number of methoxy groups -OCH3 is 1. The molecule has 0 aliphatic carbocycles. The fourth-order valence-corrected chi connectivity index (χ4v) is 2.75. The number of halogens is 1. The molecule has 3 rings (SSSR count). The van der Waals surface area contributed by atoms with Gasteiger partial charge in [-0.2, -0.15) is 0 Å². The summed E-state index contributed by atoms with van der Waals surface area (Å²) in [6, 6.07) is 13.2. The molecule has 0 saturated carbocycles. The Bertz CT molecular complexity index is 861. The summed E-state index contributed by atoms with van der Waals surface area (Å²) in [6.45, 7) is 3.87. The molecule has 3 aromatic rings. The number of hydrogen-bond acceptors (Lipinski definition) is 3. The molecular weight excluding hydrogens is 338 g/mol. The smallest absolute Gasteiger partial charge is 0.218 e. The van der Waals surface area contributed by atoms with E-state index in [1.54, 1.807) is 17.7 Å². The number of fused-ring (bicyclic) bond motifs is 1. The third-order valence-corrected chi connectivity index (χ3v) is 4.24. The average Bonchev–Trinajstić information content (AvgIpc) is 2.89. The molecule has 2 aromatic carbocycles. The number of ether oxygens (including phenoxy) is 1. The maximum atomic E-state index is 11.1. The lowest BCUT2D eigenvalue weighted by Gasteiger charge is -2.00. The Morgan fingerprint density at radius 1 is 1.08 bits per heavy atom. The van der Waals surface area contributed by atoms with Crippen LogP contribution in [0.1, 0.15) is 16.8 Å². The first kappa shape index (κ1) is 18.7. The fraction of sp³-hybridized carbons (Fsp3) is 0.200. The SMILES string of the molecule is COc1ccc2c(c1)c(CC=O)c(C)n2C=O.Cc1ccc(Cl)cc1. The molecule has 0 unspecified atom stereocenters. The summed E-state index contributed by atoms with van der Waals surface area (Å²) in [5, 5.41) is 1.69. The number of aromatic nitrogens is 1. The number of benzene rings is 2. The minimum Gasteiger partial charge on any atom is -0.497 e. The second-order valence-electron chi connectivity index (χ2n) is 5.59. The van der Waals surface area contributed by atoms with Crippen molar-refractivity contribution >= 4 is 35.2 Å². The molecule has 130 valence electrons. The third-order valence-electron chi connectivity index (χ3n) is 3.99. The van der Waals surface area contributed by atoms with Gasteiger partial charge in [-0.15, -0.1) is 0 Å². The summed E-state index contributed by atoms with van der Waals surface area (Å²) in [4.78, 5) is 21.8. The van der Waals surface area contributed by atoms with E-state index in [0.717, 1.165) is 39.9 Å². The molecule has 0 N–H and O–H groups in total. The molecular formula is C20H20ClNO3. The van der Waals surface area contributed by atoms with E-state index >= 15 is 0 Å². The molecule has 0 fully saturated rings. The van der Waals surface area contributed by atoms with Crippen molar-refractivity contribution in [3.8, 4) is 5.75 Å². The van der Waals surface area contributed by atoms with Crippen molar-refractivity contribution in [2.75, 3.05) is 7.11 Å². The number of nitrogens with zero attached hydrogens (tertiary/aromatic N) is 1. The van der Waals surface area contributed by atoms with E-state index in [9.17, 15) is 9.59 Å². The number of hydrogen-bond donors (Lipinski definition) is 0. The summed E-state index contributed by atoms with van der Waals surface area (Å²) in [7, 11) is 1.59. The molecule has 1 aromatic heterocycles. The first-order chi connectivity index (χ1) is 12.0. The van der Waals surface area contributed by atoms with Crippen LogP contribution < -0.4 is 4.74 Å². The van der Waals surface area contributed by atoms with Crippen LogP contribution in [-0.2, 0) is 16.0 Å². The van der Waals surface area contributed by atoms with Crippen molar-refractivity contribution in [2.45, 2.75) is 20.3 Å². The maximum Gasteiger partial charge on any atom is 0.218 e. The highest BCUT2D eigenvalue weighted by atomic mass is 35.5. The highest BCUT2D eigenvalue weighted by Crippen LogP contribution is 2.28.